The number of allylic oxidation sites excluding steroid dienone is 2. The SMILES string of the molecule is COC1=C(C#Cc2ccccc2OC)C(C#Cc2ccccc2OC)C=CC1(Cc1cnc(N)nc1N)OC. The molecule has 1 heterocycles. The van der Waals surface area contributed by atoms with E-state index in [0.29, 0.717) is 34.8 Å². The fourth-order valence-electron chi connectivity index (χ4n) is 4.34. The first kappa shape index (κ1) is 27.1. The molecule has 0 bridgehead atoms. The molecule has 8 heteroatoms. The second-order valence-corrected chi connectivity index (χ2v) is 8.61. The summed E-state index contributed by atoms with van der Waals surface area (Å²) < 4.78 is 23.0. The Morgan fingerprint density at radius 3 is 2.08 bits per heavy atom. The monoisotopic (exact) mass is 522 g/mol. The summed E-state index contributed by atoms with van der Waals surface area (Å²) >= 11 is 0. The van der Waals surface area contributed by atoms with Crippen molar-refractivity contribution >= 4 is 11.8 Å². The molecule has 0 saturated heterocycles. The van der Waals surface area contributed by atoms with Crippen LogP contribution in [0.4, 0.5) is 11.8 Å². The highest BCUT2D eigenvalue weighted by Crippen LogP contribution is 2.38. The standard InChI is InChI=1S/C31H30N4O4/c1-36-26-11-7-5-9-22(26)14-13-21-17-18-31(39-4,19-24-20-34-30(33)35-29(24)32)28(38-3)25(21)16-15-23-10-6-8-12-27(23)37-2/h5-12,17-18,20-21H,19H2,1-4H3,(H4,32,33,34,35). The Hall–Kier alpha value is -4.92. The van der Waals surface area contributed by atoms with Crippen molar-refractivity contribution in [2.45, 2.75) is 12.0 Å². The molecule has 0 amide bonds. The van der Waals surface area contributed by atoms with Gasteiger partial charge in [-0.1, -0.05) is 54.0 Å². The van der Waals surface area contributed by atoms with E-state index in [2.05, 4.69) is 33.6 Å². The first-order valence-corrected chi connectivity index (χ1v) is 12.1. The van der Waals surface area contributed by atoms with Crippen LogP contribution in [0.3, 0.4) is 0 Å². The Morgan fingerprint density at radius 2 is 1.49 bits per heavy atom. The molecule has 39 heavy (non-hydrogen) atoms. The molecule has 198 valence electrons. The molecule has 0 aliphatic heterocycles. The van der Waals surface area contributed by atoms with E-state index >= 15 is 0 Å². The van der Waals surface area contributed by atoms with Crippen LogP contribution >= 0.6 is 0 Å². The van der Waals surface area contributed by atoms with Crippen molar-refractivity contribution in [2.24, 2.45) is 5.92 Å². The lowest BCUT2D eigenvalue weighted by Crippen LogP contribution is -2.39. The van der Waals surface area contributed by atoms with Crippen LogP contribution in [0.2, 0.25) is 0 Å². The molecule has 1 aliphatic rings. The number of para-hydroxylation sites is 2. The van der Waals surface area contributed by atoms with E-state index in [-0.39, 0.29) is 11.8 Å². The van der Waals surface area contributed by atoms with Crippen molar-refractivity contribution in [3.8, 4) is 35.2 Å². The van der Waals surface area contributed by atoms with Gasteiger partial charge in [0.2, 0.25) is 5.95 Å². The van der Waals surface area contributed by atoms with Crippen LogP contribution in [0.1, 0.15) is 16.7 Å². The summed E-state index contributed by atoms with van der Waals surface area (Å²) in [5.41, 5.74) is 13.6. The number of nitrogens with zero attached hydrogens (tertiary/aromatic N) is 2. The average molecular weight is 523 g/mol. The molecule has 0 saturated carbocycles. The van der Waals surface area contributed by atoms with E-state index in [1.165, 1.54) is 0 Å². The van der Waals surface area contributed by atoms with Gasteiger partial charge in [-0.15, -0.1) is 0 Å². The Labute approximate surface area is 228 Å². The summed E-state index contributed by atoms with van der Waals surface area (Å²) in [6, 6.07) is 15.1. The van der Waals surface area contributed by atoms with Gasteiger partial charge in [-0.2, -0.15) is 4.98 Å². The molecule has 0 fully saturated rings. The maximum atomic E-state index is 6.16. The molecule has 1 aromatic heterocycles. The van der Waals surface area contributed by atoms with Gasteiger partial charge in [-0.25, -0.2) is 4.98 Å². The molecular formula is C31H30N4O4. The van der Waals surface area contributed by atoms with Crippen molar-refractivity contribution in [3.05, 3.63) is 94.9 Å². The highest BCUT2D eigenvalue weighted by atomic mass is 16.5. The predicted octanol–water partition coefficient (Wildman–Crippen LogP) is 3.78. The minimum atomic E-state index is -1.03. The van der Waals surface area contributed by atoms with Crippen molar-refractivity contribution in [3.63, 3.8) is 0 Å². The number of aromatic nitrogens is 2. The zero-order chi connectivity index (χ0) is 27.8. The van der Waals surface area contributed by atoms with Gasteiger partial charge in [0.15, 0.2) is 0 Å². The fraction of sp³-hybridized carbons (Fsp3) is 0.226. The van der Waals surface area contributed by atoms with Gasteiger partial charge in [-0.3, -0.25) is 0 Å². The highest BCUT2D eigenvalue weighted by Gasteiger charge is 2.40. The third-order valence-corrected chi connectivity index (χ3v) is 6.34. The summed E-state index contributed by atoms with van der Waals surface area (Å²) in [6.07, 6.45) is 5.75. The van der Waals surface area contributed by atoms with Gasteiger partial charge in [0.25, 0.3) is 0 Å². The predicted molar refractivity (Wildman–Crippen MR) is 151 cm³/mol. The van der Waals surface area contributed by atoms with E-state index in [9.17, 15) is 0 Å². The lowest BCUT2D eigenvalue weighted by Gasteiger charge is -2.35. The topological polar surface area (TPSA) is 115 Å². The molecule has 4 N–H and O–H groups in total. The van der Waals surface area contributed by atoms with Gasteiger partial charge in [-0.05, 0) is 30.3 Å². The third-order valence-electron chi connectivity index (χ3n) is 6.34. The first-order chi connectivity index (χ1) is 18.9. The Balaban J connectivity index is 1.86. The Bertz CT molecular complexity index is 1540. The minimum Gasteiger partial charge on any atom is -0.497 e. The van der Waals surface area contributed by atoms with Crippen LogP contribution in [0, 0.1) is 29.6 Å². The molecule has 3 aromatic rings. The molecule has 0 radical (unpaired) electrons. The summed E-state index contributed by atoms with van der Waals surface area (Å²) in [6.45, 7) is 0. The average Bonchev–Trinajstić information content (AvgIpc) is 2.97. The van der Waals surface area contributed by atoms with E-state index in [4.69, 9.17) is 30.4 Å². The fourth-order valence-corrected chi connectivity index (χ4v) is 4.34. The Morgan fingerprint density at radius 1 is 0.846 bits per heavy atom. The smallest absolute Gasteiger partial charge is 0.221 e. The molecule has 1 aliphatic carbocycles. The number of benzene rings is 2. The number of anilines is 2. The molecule has 0 spiro atoms. The largest absolute Gasteiger partial charge is 0.497 e. The lowest BCUT2D eigenvalue weighted by molar-refractivity contribution is 0.0146. The van der Waals surface area contributed by atoms with Gasteiger partial charge in [0, 0.05) is 25.3 Å². The normalized spacial score (nSPS) is 17.9. The number of nitrogens with two attached hydrogens (primary N) is 2. The number of hydrogen-bond donors (Lipinski definition) is 2. The van der Waals surface area contributed by atoms with Crippen molar-refractivity contribution in [1.82, 2.24) is 9.97 Å². The summed E-state index contributed by atoms with van der Waals surface area (Å²) in [4.78, 5) is 8.20. The van der Waals surface area contributed by atoms with Crippen molar-refractivity contribution in [1.29, 1.82) is 0 Å². The molecular weight excluding hydrogens is 492 g/mol. The third kappa shape index (κ3) is 5.82. The molecule has 2 unspecified atom stereocenters. The molecule has 2 atom stereocenters. The van der Waals surface area contributed by atoms with E-state index in [1.807, 2.05) is 60.7 Å². The van der Waals surface area contributed by atoms with Crippen LogP contribution in [0.5, 0.6) is 11.5 Å². The van der Waals surface area contributed by atoms with Crippen molar-refractivity contribution < 1.29 is 18.9 Å². The van der Waals surface area contributed by atoms with Gasteiger partial charge in [0.1, 0.15) is 28.7 Å². The molecule has 2 aromatic carbocycles. The first-order valence-electron chi connectivity index (χ1n) is 12.1. The summed E-state index contributed by atoms with van der Waals surface area (Å²) in [5, 5.41) is 0. The number of nitrogen functional groups attached to an aromatic ring is 2. The van der Waals surface area contributed by atoms with Crippen LogP contribution in [0.15, 0.2) is 78.2 Å². The molecule has 4 rings (SSSR count). The molecule has 8 nitrogen and oxygen atoms in total. The summed E-state index contributed by atoms with van der Waals surface area (Å²) in [7, 11) is 6.42. The van der Waals surface area contributed by atoms with Crippen LogP contribution < -0.4 is 20.9 Å². The van der Waals surface area contributed by atoms with Gasteiger partial charge < -0.3 is 30.4 Å². The second-order valence-electron chi connectivity index (χ2n) is 8.61. The zero-order valence-electron chi connectivity index (χ0n) is 22.3. The Kier molecular flexibility index (Phi) is 8.40. The lowest BCUT2D eigenvalue weighted by atomic mass is 9.80. The van der Waals surface area contributed by atoms with Crippen molar-refractivity contribution in [2.75, 3.05) is 39.9 Å². The van der Waals surface area contributed by atoms with Gasteiger partial charge in [0.05, 0.1) is 43.9 Å². The number of hydrogen-bond acceptors (Lipinski definition) is 8. The van der Waals surface area contributed by atoms with Gasteiger partial charge >= 0.3 is 0 Å². The summed E-state index contributed by atoms with van der Waals surface area (Å²) in [5.74, 6) is 14.9. The van der Waals surface area contributed by atoms with E-state index < -0.39 is 11.5 Å². The number of methoxy groups -OCH3 is 4. The zero-order valence-corrected chi connectivity index (χ0v) is 22.3. The van der Waals surface area contributed by atoms with Crippen LogP contribution in [0.25, 0.3) is 0 Å². The minimum absolute atomic E-state index is 0.0967. The van der Waals surface area contributed by atoms with E-state index in [0.717, 1.165) is 11.1 Å². The number of ether oxygens (including phenoxy) is 4. The van der Waals surface area contributed by atoms with Crippen LogP contribution in [-0.2, 0) is 15.9 Å². The maximum absolute atomic E-state index is 6.16. The van der Waals surface area contributed by atoms with Crippen LogP contribution in [-0.4, -0.2) is 44.0 Å². The second kappa shape index (κ2) is 12.1. The quantitative estimate of drug-likeness (QED) is 0.371. The number of rotatable bonds is 6. The maximum Gasteiger partial charge on any atom is 0.221 e. The highest BCUT2D eigenvalue weighted by molar-refractivity contribution is 5.57. The van der Waals surface area contributed by atoms with E-state index in [1.54, 1.807) is 34.6 Å².